The first-order chi connectivity index (χ1) is 5.33. The van der Waals surface area contributed by atoms with Crippen LogP contribution in [0.3, 0.4) is 0 Å². The van der Waals surface area contributed by atoms with E-state index in [2.05, 4.69) is 6.07 Å². The molecule has 1 aromatic carbocycles. The summed E-state index contributed by atoms with van der Waals surface area (Å²) in [5.74, 6) is 0.0160. The Labute approximate surface area is 63.8 Å². The lowest BCUT2D eigenvalue weighted by molar-refractivity contribution is 0.367. The van der Waals surface area contributed by atoms with Crippen molar-refractivity contribution in [3.63, 3.8) is 0 Å². The van der Waals surface area contributed by atoms with Gasteiger partial charge < -0.3 is 4.74 Å². The Hall–Kier alpha value is -1.56. The summed E-state index contributed by atoms with van der Waals surface area (Å²) < 4.78 is 17.1. The molecule has 0 atom stereocenters. The minimum atomic E-state index is -0.436. The minimum absolute atomic E-state index is 0.0283. The summed E-state index contributed by atoms with van der Waals surface area (Å²) in [6, 6.07) is 8.14. The van der Waals surface area contributed by atoms with Gasteiger partial charge in [0.25, 0.3) is 0 Å². The summed E-state index contributed by atoms with van der Waals surface area (Å²) in [4.78, 5) is 0. The Morgan fingerprint density at radius 1 is 1.64 bits per heavy atom. The minimum Gasteiger partial charge on any atom is -0.479 e. The van der Waals surface area contributed by atoms with Crippen molar-refractivity contribution in [3.05, 3.63) is 30.1 Å². The van der Waals surface area contributed by atoms with E-state index in [4.69, 9.17) is 10.00 Å². The molecular weight excluding hydrogens is 145 g/mol. The highest BCUT2D eigenvalue weighted by atomic mass is 19.1. The zero-order valence-electron chi connectivity index (χ0n) is 5.67. The highest BCUT2D eigenvalue weighted by molar-refractivity contribution is 5.21. The average Bonchev–Trinajstić information content (AvgIpc) is 2.04. The summed E-state index contributed by atoms with van der Waals surface area (Å²) in [5.41, 5.74) is 0. The van der Waals surface area contributed by atoms with Gasteiger partial charge in [0.2, 0.25) is 0 Å². The molecule has 55 valence electrons. The second-order valence-corrected chi connectivity index (χ2v) is 1.82. The fourth-order valence-electron chi connectivity index (χ4n) is 0.597. The van der Waals surface area contributed by atoms with E-state index in [1.807, 2.05) is 0 Å². The molecule has 0 aliphatic rings. The number of hydrogen-bond donors (Lipinski definition) is 0. The van der Waals surface area contributed by atoms with Crippen molar-refractivity contribution in [2.24, 2.45) is 0 Å². The molecule has 0 heterocycles. The summed E-state index contributed by atoms with van der Waals surface area (Å²) in [7, 11) is 0. The molecule has 1 radical (unpaired) electrons. The summed E-state index contributed by atoms with van der Waals surface area (Å²) in [6.45, 7) is -0.0283. The van der Waals surface area contributed by atoms with Crippen molar-refractivity contribution in [2.45, 2.75) is 0 Å². The lowest BCUT2D eigenvalue weighted by Gasteiger charge is -1.98. The smallest absolute Gasteiger partial charge is 0.174 e. The van der Waals surface area contributed by atoms with Gasteiger partial charge in [0, 0.05) is 6.07 Å². The van der Waals surface area contributed by atoms with Crippen LogP contribution in [0.25, 0.3) is 0 Å². The van der Waals surface area contributed by atoms with Gasteiger partial charge in [0.1, 0.15) is 17.6 Å². The highest BCUT2D eigenvalue weighted by Gasteiger charge is 1.92. The van der Waals surface area contributed by atoms with Crippen LogP contribution < -0.4 is 4.74 Å². The number of hydrogen-bond acceptors (Lipinski definition) is 2. The third-order valence-corrected chi connectivity index (χ3v) is 1.05. The molecule has 1 aromatic rings. The first-order valence-corrected chi connectivity index (χ1v) is 3.00. The second-order valence-electron chi connectivity index (χ2n) is 1.82. The Balaban J connectivity index is 2.60. The fraction of sp³-hybridized carbons (Fsp3) is 0.125. The van der Waals surface area contributed by atoms with Crippen LogP contribution in [0.5, 0.6) is 5.75 Å². The van der Waals surface area contributed by atoms with E-state index >= 15 is 0 Å². The zero-order chi connectivity index (χ0) is 8.10. The molecule has 3 heteroatoms. The van der Waals surface area contributed by atoms with E-state index in [1.54, 1.807) is 6.07 Å². The molecule has 0 bridgehead atoms. The molecule has 0 saturated heterocycles. The third kappa shape index (κ3) is 2.26. The van der Waals surface area contributed by atoms with E-state index in [1.165, 1.54) is 18.2 Å². The topological polar surface area (TPSA) is 33.0 Å². The van der Waals surface area contributed by atoms with Gasteiger partial charge in [-0.1, -0.05) is 0 Å². The van der Waals surface area contributed by atoms with Gasteiger partial charge in [0.05, 0.1) is 0 Å². The van der Waals surface area contributed by atoms with Gasteiger partial charge in [-0.15, -0.1) is 0 Å². The Bertz CT molecular complexity index is 262. The van der Waals surface area contributed by atoms with Crippen molar-refractivity contribution in [3.8, 4) is 11.8 Å². The maximum absolute atomic E-state index is 12.2. The van der Waals surface area contributed by atoms with Crippen LogP contribution in [0, 0.1) is 23.2 Å². The molecule has 11 heavy (non-hydrogen) atoms. The van der Waals surface area contributed by atoms with Crippen LogP contribution in [-0.2, 0) is 0 Å². The van der Waals surface area contributed by atoms with Crippen LogP contribution in [0.2, 0.25) is 0 Å². The third-order valence-electron chi connectivity index (χ3n) is 1.05. The fourth-order valence-corrected chi connectivity index (χ4v) is 0.597. The number of nitrogens with zero attached hydrogens (tertiary/aromatic N) is 1. The lowest BCUT2D eigenvalue weighted by Crippen LogP contribution is -1.92. The summed E-state index contributed by atoms with van der Waals surface area (Å²) in [6.07, 6.45) is 0. The molecule has 0 aliphatic carbocycles. The van der Waals surface area contributed by atoms with Crippen LogP contribution >= 0.6 is 0 Å². The van der Waals surface area contributed by atoms with E-state index < -0.39 is 5.82 Å². The van der Waals surface area contributed by atoms with Gasteiger partial charge in [-0.05, 0) is 18.2 Å². The van der Waals surface area contributed by atoms with Crippen molar-refractivity contribution < 1.29 is 9.13 Å². The van der Waals surface area contributed by atoms with Crippen LogP contribution in [-0.4, -0.2) is 6.61 Å². The molecule has 0 aromatic heterocycles. The van der Waals surface area contributed by atoms with Gasteiger partial charge in [-0.25, -0.2) is 4.39 Å². The zero-order valence-corrected chi connectivity index (χ0v) is 5.67. The normalized spacial score (nSPS) is 8.73. The monoisotopic (exact) mass is 150 g/mol. The maximum Gasteiger partial charge on any atom is 0.174 e. The first-order valence-electron chi connectivity index (χ1n) is 3.00. The molecular formula is C8H5FNO. The Morgan fingerprint density at radius 3 is 3.00 bits per heavy atom. The summed E-state index contributed by atoms with van der Waals surface area (Å²) >= 11 is 0. The van der Waals surface area contributed by atoms with Crippen molar-refractivity contribution in [1.82, 2.24) is 0 Å². The molecule has 0 saturated carbocycles. The number of ether oxygens (including phenoxy) is 1. The maximum atomic E-state index is 12.2. The molecule has 0 N–H and O–H groups in total. The largest absolute Gasteiger partial charge is 0.479 e. The predicted molar refractivity (Wildman–Crippen MR) is 36.3 cm³/mol. The molecule has 0 spiro atoms. The molecule has 0 aliphatic heterocycles. The van der Waals surface area contributed by atoms with Gasteiger partial charge >= 0.3 is 0 Å². The van der Waals surface area contributed by atoms with Crippen molar-refractivity contribution in [2.75, 3.05) is 6.61 Å². The molecule has 0 amide bonds. The highest BCUT2D eigenvalue weighted by Crippen LogP contribution is 2.09. The predicted octanol–water partition coefficient (Wildman–Crippen LogP) is 1.53. The van der Waals surface area contributed by atoms with E-state index in [9.17, 15) is 4.39 Å². The molecule has 0 fully saturated rings. The Kier molecular flexibility index (Phi) is 2.45. The van der Waals surface area contributed by atoms with Crippen molar-refractivity contribution >= 4 is 0 Å². The van der Waals surface area contributed by atoms with Crippen molar-refractivity contribution in [1.29, 1.82) is 5.26 Å². The number of halogens is 1. The standard InChI is InChI=1S/C8H5FNO/c9-7-1-3-8(4-2-7)11-6-5-10/h1,3-4H,6H2. The molecule has 2 nitrogen and oxygen atoms in total. The van der Waals surface area contributed by atoms with Crippen LogP contribution in [0.15, 0.2) is 18.2 Å². The molecule has 0 unspecified atom stereocenters. The number of benzene rings is 1. The molecule has 1 rings (SSSR count). The van der Waals surface area contributed by atoms with E-state index in [-0.39, 0.29) is 6.61 Å². The van der Waals surface area contributed by atoms with E-state index in [0.717, 1.165) is 0 Å². The average molecular weight is 150 g/mol. The van der Waals surface area contributed by atoms with Gasteiger partial charge in [-0.3, -0.25) is 0 Å². The quantitative estimate of drug-likeness (QED) is 0.640. The second kappa shape index (κ2) is 3.57. The Morgan fingerprint density at radius 2 is 2.45 bits per heavy atom. The number of nitriles is 1. The lowest BCUT2D eigenvalue weighted by atomic mass is 10.3. The van der Waals surface area contributed by atoms with Gasteiger partial charge in [-0.2, -0.15) is 5.26 Å². The van der Waals surface area contributed by atoms with Gasteiger partial charge in [0.15, 0.2) is 6.61 Å². The summed E-state index contributed by atoms with van der Waals surface area (Å²) in [5, 5.41) is 8.12. The SMILES string of the molecule is N#CCOc1c[c]c(F)cc1. The van der Waals surface area contributed by atoms with E-state index in [0.29, 0.717) is 5.75 Å². The number of rotatable bonds is 2. The van der Waals surface area contributed by atoms with Crippen LogP contribution in [0.4, 0.5) is 4.39 Å². The van der Waals surface area contributed by atoms with Crippen LogP contribution in [0.1, 0.15) is 0 Å². The first kappa shape index (κ1) is 7.55.